The number of rotatable bonds is 5. The number of hydrogen-bond donors (Lipinski definition) is 1. The van der Waals surface area contributed by atoms with Crippen molar-refractivity contribution in [3.63, 3.8) is 0 Å². The van der Waals surface area contributed by atoms with Crippen LogP contribution in [0.2, 0.25) is 0 Å². The Morgan fingerprint density at radius 2 is 2.06 bits per heavy atom. The molecule has 1 amide bonds. The lowest BCUT2D eigenvalue weighted by molar-refractivity contribution is -0.139. The Morgan fingerprint density at radius 1 is 1.41 bits per heavy atom. The van der Waals surface area contributed by atoms with Crippen LogP contribution in [0.3, 0.4) is 0 Å². The summed E-state index contributed by atoms with van der Waals surface area (Å²) in [7, 11) is -3.06. The van der Waals surface area contributed by atoms with E-state index in [1.807, 2.05) is 0 Å². The van der Waals surface area contributed by atoms with E-state index in [9.17, 15) is 18.0 Å². The predicted molar refractivity (Wildman–Crippen MR) is 61.3 cm³/mol. The van der Waals surface area contributed by atoms with Crippen molar-refractivity contribution in [2.24, 2.45) is 0 Å². The molecule has 98 valence electrons. The maximum atomic E-state index is 11.7. The van der Waals surface area contributed by atoms with Crippen LogP contribution in [0.4, 0.5) is 0 Å². The van der Waals surface area contributed by atoms with Crippen molar-refractivity contribution >= 4 is 21.7 Å². The van der Waals surface area contributed by atoms with Gasteiger partial charge in [-0.15, -0.1) is 0 Å². The molecule has 1 atom stereocenters. The zero-order valence-corrected chi connectivity index (χ0v) is 10.6. The van der Waals surface area contributed by atoms with Gasteiger partial charge in [0.15, 0.2) is 9.84 Å². The van der Waals surface area contributed by atoms with Gasteiger partial charge >= 0.3 is 5.97 Å². The zero-order chi connectivity index (χ0) is 13.1. The van der Waals surface area contributed by atoms with E-state index >= 15 is 0 Å². The minimum Gasteiger partial charge on any atom is -0.481 e. The molecule has 0 bridgehead atoms. The molecule has 1 heterocycles. The molecule has 0 spiro atoms. The number of carboxylic acids is 1. The van der Waals surface area contributed by atoms with E-state index in [1.54, 1.807) is 6.92 Å². The Labute approximate surface area is 101 Å². The summed E-state index contributed by atoms with van der Waals surface area (Å²) < 4.78 is 22.7. The average Bonchev–Trinajstić information content (AvgIpc) is 2.58. The Morgan fingerprint density at radius 3 is 2.47 bits per heavy atom. The first-order chi connectivity index (χ1) is 7.85. The molecule has 0 aliphatic carbocycles. The Kier molecular flexibility index (Phi) is 4.50. The lowest BCUT2D eigenvalue weighted by atomic mass is 10.2. The van der Waals surface area contributed by atoms with Gasteiger partial charge < -0.3 is 10.0 Å². The summed E-state index contributed by atoms with van der Waals surface area (Å²) in [5.41, 5.74) is 0. The van der Waals surface area contributed by atoms with Crippen molar-refractivity contribution in [1.82, 2.24) is 4.90 Å². The van der Waals surface area contributed by atoms with Crippen molar-refractivity contribution in [1.29, 1.82) is 0 Å². The maximum Gasteiger partial charge on any atom is 0.305 e. The van der Waals surface area contributed by atoms with Crippen molar-refractivity contribution in [3.8, 4) is 0 Å². The average molecular weight is 263 g/mol. The second kappa shape index (κ2) is 5.48. The number of hydrogen-bond acceptors (Lipinski definition) is 4. The van der Waals surface area contributed by atoms with Crippen molar-refractivity contribution in [2.75, 3.05) is 18.1 Å². The molecule has 1 fully saturated rings. The molecule has 0 saturated carbocycles. The monoisotopic (exact) mass is 263 g/mol. The molecule has 1 aliphatic rings. The smallest absolute Gasteiger partial charge is 0.305 e. The minimum absolute atomic E-state index is 0.0433. The summed E-state index contributed by atoms with van der Waals surface area (Å²) in [6.45, 7) is 1.77. The number of carbonyl (C=O) groups excluding carboxylic acids is 1. The number of carboxylic acid groups (broad SMARTS) is 1. The molecule has 6 nitrogen and oxygen atoms in total. The fraction of sp³-hybridized carbons (Fsp3) is 0.800. The van der Waals surface area contributed by atoms with Crippen LogP contribution < -0.4 is 0 Å². The summed E-state index contributed by atoms with van der Waals surface area (Å²) in [6, 6.07) is -0.355. The van der Waals surface area contributed by atoms with Crippen LogP contribution in [0.15, 0.2) is 0 Å². The molecule has 0 aromatic rings. The van der Waals surface area contributed by atoms with E-state index in [2.05, 4.69) is 0 Å². The summed E-state index contributed by atoms with van der Waals surface area (Å²) >= 11 is 0. The Bertz CT molecular complexity index is 403. The van der Waals surface area contributed by atoms with E-state index < -0.39 is 15.8 Å². The Balaban J connectivity index is 2.70. The van der Waals surface area contributed by atoms with E-state index in [1.165, 1.54) is 4.90 Å². The molecule has 1 saturated heterocycles. The fourth-order valence-electron chi connectivity index (χ4n) is 1.95. The molecule has 1 N–H and O–H groups in total. The number of nitrogens with zero attached hydrogens (tertiary/aromatic N) is 1. The molecule has 7 heteroatoms. The first-order valence-electron chi connectivity index (χ1n) is 5.57. The molecule has 0 aromatic carbocycles. The molecule has 1 rings (SSSR count). The number of amides is 1. The highest BCUT2D eigenvalue weighted by Crippen LogP contribution is 2.18. The minimum atomic E-state index is -3.06. The topological polar surface area (TPSA) is 91.8 Å². The SMILES string of the molecule is CCC(=O)N(CCC(=O)O)[C@@H]1CCS(=O)(=O)C1. The van der Waals surface area contributed by atoms with E-state index in [0.29, 0.717) is 6.42 Å². The molecular formula is C10H17NO5S. The van der Waals surface area contributed by atoms with Crippen molar-refractivity contribution < 1.29 is 23.1 Å². The molecular weight excluding hydrogens is 246 g/mol. The first-order valence-corrected chi connectivity index (χ1v) is 7.39. The van der Waals surface area contributed by atoms with Gasteiger partial charge in [-0.25, -0.2) is 8.42 Å². The zero-order valence-electron chi connectivity index (χ0n) is 9.76. The van der Waals surface area contributed by atoms with Crippen molar-refractivity contribution in [2.45, 2.75) is 32.2 Å². The van der Waals surface area contributed by atoms with Gasteiger partial charge in [-0.2, -0.15) is 0 Å². The van der Waals surface area contributed by atoms with Crippen LogP contribution in [0.1, 0.15) is 26.2 Å². The van der Waals surface area contributed by atoms with Gasteiger partial charge in [0, 0.05) is 19.0 Å². The maximum absolute atomic E-state index is 11.7. The third-order valence-corrected chi connectivity index (χ3v) is 4.59. The first kappa shape index (κ1) is 14.0. The summed E-state index contributed by atoms with van der Waals surface area (Å²) in [5, 5.41) is 8.61. The summed E-state index contributed by atoms with van der Waals surface area (Å²) in [5.74, 6) is -1.13. The highest BCUT2D eigenvalue weighted by atomic mass is 32.2. The molecule has 0 radical (unpaired) electrons. The summed E-state index contributed by atoms with van der Waals surface area (Å²) in [4.78, 5) is 23.6. The van der Waals surface area contributed by atoms with Crippen LogP contribution in [0, 0.1) is 0 Å². The van der Waals surface area contributed by atoms with Gasteiger partial charge in [0.05, 0.1) is 17.9 Å². The number of sulfone groups is 1. The second-order valence-electron chi connectivity index (χ2n) is 4.14. The van der Waals surface area contributed by atoms with E-state index in [0.717, 1.165) is 0 Å². The number of carbonyl (C=O) groups is 2. The van der Waals surface area contributed by atoms with E-state index in [4.69, 9.17) is 5.11 Å². The molecule has 0 unspecified atom stereocenters. The highest BCUT2D eigenvalue weighted by Gasteiger charge is 2.34. The van der Waals surface area contributed by atoms with E-state index in [-0.39, 0.29) is 42.8 Å². The van der Waals surface area contributed by atoms with Crippen LogP contribution in [-0.4, -0.2) is 54.4 Å². The normalized spacial score (nSPS) is 22.3. The lowest BCUT2D eigenvalue weighted by Gasteiger charge is -2.27. The fourth-order valence-corrected chi connectivity index (χ4v) is 3.68. The molecule has 1 aliphatic heterocycles. The van der Waals surface area contributed by atoms with Crippen LogP contribution in [0.25, 0.3) is 0 Å². The highest BCUT2D eigenvalue weighted by molar-refractivity contribution is 7.91. The third-order valence-electron chi connectivity index (χ3n) is 2.84. The molecule has 17 heavy (non-hydrogen) atoms. The van der Waals surface area contributed by atoms with Crippen LogP contribution in [0.5, 0.6) is 0 Å². The van der Waals surface area contributed by atoms with Crippen LogP contribution in [-0.2, 0) is 19.4 Å². The van der Waals surface area contributed by atoms with Gasteiger partial charge in [-0.05, 0) is 6.42 Å². The number of aliphatic carboxylic acids is 1. The van der Waals surface area contributed by atoms with Gasteiger partial charge in [-0.1, -0.05) is 6.92 Å². The van der Waals surface area contributed by atoms with Gasteiger partial charge in [-0.3, -0.25) is 9.59 Å². The molecule has 0 aromatic heterocycles. The van der Waals surface area contributed by atoms with Gasteiger partial charge in [0.2, 0.25) is 5.91 Å². The largest absolute Gasteiger partial charge is 0.481 e. The van der Waals surface area contributed by atoms with Gasteiger partial charge in [0.1, 0.15) is 0 Å². The summed E-state index contributed by atoms with van der Waals surface area (Å²) in [6.07, 6.45) is 0.520. The standard InChI is InChI=1S/C10H17NO5S/c1-2-9(12)11(5-3-10(13)14)8-4-6-17(15,16)7-8/h8H,2-7H2,1H3,(H,13,14)/t8-/m1/s1. The Hall–Kier alpha value is -1.11. The second-order valence-corrected chi connectivity index (χ2v) is 6.37. The van der Waals surface area contributed by atoms with Crippen molar-refractivity contribution in [3.05, 3.63) is 0 Å². The third kappa shape index (κ3) is 3.99. The quantitative estimate of drug-likeness (QED) is 0.747. The van der Waals surface area contributed by atoms with Crippen LogP contribution >= 0.6 is 0 Å². The van der Waals surface area contributed by atoms with Gasteiger partial charge in [0.25, 0.3) is 0 Å². The lowest BCUT2D eigenvalue weighted by Crippen LogP contribution is -2.42. The predicted octanol–water partition coefficient (Wildman–Crippen LogP) is -0.113.